The minimum Gasteiger partial charge on any atom is -0.352 e. The van der Waals surface area contributed by atoms with Gasteiger partial charge in [-0.15, -0.1) is 6.58 Å². The van der Waals surface area contributed by atoms with Crippen molar-refractivity contribution < 1.29 is 9.59 Å². The zero-order chi connectivity index (χ0) is 15.0. The molecule has 1 aromatic rings. The molecule has 0 atom stereocenters. The van der Waals surface area contributed by atoms with Crippen molar-refractivity contribution in [3.05, 3.63) is 48.6 Å². The molecule has 20 heavy (non-hydrogen) atoms. The summed E-state index contributed by atoms with van der Waals surface area (Å²) in [5.41, 5.74) is 0.553. The maximum Gasteiger partial charge on any atom is 0.227 e. The molecule has 0 fully saturated rings. The number of Topliss-reactive ketones (excluding diaryl/α,β-unsaturated/α-hetero) is 1. The SMILES string of the molecule is C=CCCC(C)(C)C(=O)CC(=O)NCc1ccccc1. The van der Waals surface area contributed by atoms with Crippen LogP contribution in [0.5, 0.6) is 0 Å². The molecule has 108 valence electrons. The fraction of sp³-hybridized carbons (Fsp3) is 0.412. The van der Waals surface area contributed by atoms with Gasteiger partial charge in [-0.25, -0.2) is 0 Å². The molecule has 0 spiro atoms. The first-order chi connectivity index (χ1) is 9.45. The highest BCUT2D eigenvalue weighted by Gasteiger charge is 2.27. The maximum absolute atomic E-state index is 12.1. The molecule has 0 heterocycles. The summed E-state index contributed by atoms with van der Waals surface area (Å²) in [6, 6.07) is 9.65. The van der Waals surface area contributed by atoms with E-state index < -0.39 is 5.41 Å². The van der Waals surface area contributed by atoms with Gasteiger partial charge >= 0.3 is 0 Å². The van der Waals surface area contributed by atoms with Crippen LogP contribution < -0.4 is 5.32 Å². The topological polar surface area (TPSA) is 46.2 Å². The first-order valence-electron chi connectivity index (χ1n) is 6.90. The number of rotatable bonds is 8. The van der Waals surface area contributed by atoms with Crippen molar-refractivity contribution in [2.24, 2.45) is 5.41 Å². The second-order valence-electron chi connectivity index (χ2n) is 5.57. The number of allylic oxidation sites excluding steroid dienone is 1. The Kier molecular flexibility index (Phi) is 6.16. The summed E-state index contributed by atoms with van der Waals surface area (Å²) < 4.78 is 0. The van der Waals surface area contributed by atoms with E-state index in [4.69, 9.17) is 0 Å². The number of carbonyl (C=O) groups excluding carboxylic acids is 2. The summed E-state index contributed by atoms with van der Waals surface area (Å²) in [7, 11) is 0. The van der Waals surface area contributed by atoms with Crippen LogP contribution in [0, 0.1) is 5.41 Å². The van der Waals surface area contributed by atoms with Crippen LogP contribution in [0.15, 0.2) is 43.0 Å². The summed E-state index contributed by atoms with van der Waals surface area (Å²) in [6.45, 7) is 7.87. The third-order valence-corrected chi connectivity index (χ3v) is 3.38. The van der Waals surface area contributed by atoms with Crippen molar-refractivity contribution >= 4 is 11.7 Å². The lowest BCUT2D eigenvalue weighted by atomic mass is 9.82. The molecule has 0 saturated carbocycles. The highest BCUT2D eigenvalue weighted by molar-refractivity contribution is 6.00. The molecule has 0 saturated heterocycles. The molecule has 0 aromatic heterocycles. The van der Waals surface area contributed by atoms with Crippen LogP contribution in [0.3, 0.4) is 0 Å². The van der Waals surface area contributed by atoms with Crippen molar-refractivity contribution in [3.8, 4) is 0 Å². The van der Waals surface area contributed by atoms with Gasteiger partial charge in [0.05, 0.1) is 6.42 Å². The lowest BCUT2D eigenvalue weighted by molar-refractivity contribution is -0.133. The Hall–Kier alpha value is -1.90. The number of carbonyl (C=O) groups is 2. The Labute approximate surface area is 121 Å². The van der Waals surface area contributed by atoms with E-state index in [-0.39, 0.29) is 18.1 Å². The number of hydrogen-bond acceptors (Lipinski definition) is 2. The Morgan fingerprint density at radius 2 is 1.90 bits per heavy atom. The minimum absolute atomic E-state index is 0.0232. The molecule has 0 aliphatic carbocycles. The fourth-order valence-corrected chi connectivity index (χ4v) is 1.85. The summed E-state index contributed by atoms with van der Waals surface area (Å²) >= 11 is 0. The predicted molar refractivity (Wildman–Crippen MR) is 81.1 cm³/mol. The molecule has 1 rings (SSSR count). The van der Waals surface area contributed by atoms with Crippen LogP contribution in [0.2, 0.25) is 0 Å². The molecule has 1 amide bonds. The molecule has 1 aromatic carbocycles. The normalized spacial score (nSPS) is 10.9. The summed E-state index contributed by atoms with van der Waals surface area (Å²) in [6.07, 6.45) is 3.24. The molecule has 0 bridgehead atoms. The number of ketones is 1. The van der Waals surface area contributed by atoms with Gasteiger partial charge in [0.25, 0.3) is 0 Å². The lowest BCUT2D eigenvalue weighted by Gasteiger charge is -2.22. The van der Waals surface area contributed by atoms with Crippen LogP contribution in [0.4, 0.5) is 0 Å². The third-order valence-electron chi connectivity index (χ3n) is 3.38. The van der Waals surface area contributed by atoms with Crippen molar-refractivity contribution in [3.63, 3.8) is 0 Å². The van der Waals surface area contributed by atoms with E-state index in [1.807, 2.05) is 44.2 Å². The molecular weight excluding hydrogens is 250 g/mol. The van der Waals surface area contributed by atoms with Gasteiger partial charge < -0.3 is 5.32 Å². The third kappa shape index (κ3) is 5.39. The summed E-state index contributed by atoms with van der Waals surface area (Å²) in [4.78, 5) is 23.9. The first-order valence-corrected chi connectivity index (χ1v) is 6.90. The summed E-state index contributed by atoms with van der Waals surface area (Å²) in [5, 5.41) is 2.78. The van der Waals surface area contributed by atoms with Gasteiger partial charge in [-0.3, -0.25) is 9.59 Å². The zero-order valence-electron chi connectivity index (χ0n) is 12.3. The average molecular weight is 273 g/mol. The monoisotopic (exact) mass is 273 g/mol. The molecule has 1 N–H and O–H groups in total. The number of hydrogen-bond donors (Lipinski definition) is 1. The van der Waals surface area contributed by atoms with Gasteiger partial charge in [-0.2, -0.15) is 0 Å². The van der Waals surface area contributed by atoms with E-state index in [0.717, 1.165) is 18.4 Å². The lowest BCUT2D eigenvalue weighted by Crippen LogP contribution is -2.31. The van der Waals surface area contributed by atoms with Gasteiger partial charge in [-0.05, 0) is 18.4 Å². The molecule has 0 unspecified atom stereocenters. The number of nitrogens with one attached hydrogen (secondary N) is 1. The smallest absolute Gasteiger partial charge is 0.227 e. The van der Waals surface area contributed by atoms with E-state index in [1.165, 1.54) is 0 Å². The van der Waals surface area contributed by atoms with Gasteiger partial charge in [0.15, 0.2) is 0 Å². The molecule has 3 heteroatoms. The number of benzene rings is 1. The zero-order valence-corrected chi connectivity index (χ0v) is 12.3. The largest absolute Gasteiger partial charge is 0.352 e. The van der Waals surface area contributed by atoms with Gasteiger partial charge in [-0.1, -0.05) is 50.3 Å². The Morgan fingerprint density at radius 1 is 1.25 bits per heavy atom. The Morgan fingerprint density at radius 3 is 2.50 bits per heavy atom. The second kappa shape index (κ2) is 7.63. The van der Waals surface area contributed by atoms with E-state index in [0.29, 0.717) is 6.54 Å². The van der Waals surface area contributed by atoms with Crippen molar-refractivity contribution in [2.75, 3.05) is 0 Å². The average Bonchev–Trinajstić information content (AvgIpc) is 2.44. The van der Waals surface area contributed by atoms with Crippen LogP contribution >= 0.6 is 0 Å². The van der Waals surface area contributed by atoms with Crippen molar-refractivity contribution in [1.82, 2.24) is 5.32 Å². The van der Waals surface area contributed by atoms with Crippen LogP contribution in [-0.2, 0) is 16.1 Å². The van der Waals surface area contributed by atoms with Crippen LogP contribution in [-0.4, -0.2) is 11.7 Å². The molecule has 0 aliphatic heterocycles. The van der Waals surface area contributed by atoms with Gasteiger partial charge in [0, 0.05) is 12.0 Å². The number of amides is 1. The summed E-state index contributed by atoms with van der Waals surface area (Å²) in [5.74, 6) is -0.240. The van der Waals surface area contributed by atoms with Crippen molar-refractivity contribution in [1.29, 1.82) is 0 Å². The molecule has 0 aliphatic rings. The van der Waals surface area contributed by atoms with E-state index in [1.54, 1.807) is 6.08 Å². The van der Waals surface area contributed by atoms with Gasteiger partial charge in [0.2, 0.25) is 5.91 Å². The van der Waals surface area contributed by atoms with E-state index >= 15 is 0 Å². The predicted octanol–water partition coefficient (Wildman–Crippen LogP) is 3.25. The quantitative estimate of drug-likeness (QED) is 0.584. The molecule has 3 nitrogen and oxygen atoms in total. The highest BCUT2D eigenvalue weighted by Crippen LogP contribution is 2.25. The second-order valence-corrected chi connectivity index (χ2v) is 5.57. The Bertz CT molecular complexity index is 463. The van der Waals surface area contributed by atoms with Crippen LogP contribution in [0.1, 0.15) is 38.7 Å². The van der Waals surface area contributed by atoms with Crippen molar-refractivity contribution in [2.45, 2.75) is 39.7 Å². The fourth-order valence-electron chi connectivity index (χ4n) is 1.85. The first kappa shape index (κ1) is 16.2. The maximum atomic E-state index is 12.1. The van der Waals surface area contributed by atoms with E-state index in [9.17, 15) is 9.59 Å². The Balaban J connectivity index is 2.41. The molecule has 0 radical (unpaired) electrons. The molecular formula is C17H23NO2. The highest BCUT2D eigenvalue weighted by atomic mass is 16.2. The van der Waals surface area contributed by atoms with E-state index in [2.05, 4.69) is 11.9 Å². The minimum atomic E-state index is -0.474. The van der Waals surface area contributed by atoms with Crippen LogP contribution in [0.25, 0.3) is 0 Å². The standard InChI is InChI=1S/C17H23NO2/c1-4-5-11-17(2,3)15(19)12-16(20)18-13-14-9-7-6-8-10-14/h4,6-10H,1,5,11-13H2,2-3H3,(H,18,20). The van der Waals surface area contributed by atoms with Gasteiger partial charge in [0.1, 0.15) is 5.78 Å².